The highest BCUT2D eigenvalue weighted by atomic mass is 16.1. The lowest BCUT2D eigenvalue weighted by Gasteiger charge is -2.17. The highest BCUT2D eigenvalue weighted by molar-refractivity contribution is 5.94. The number of rotatable bonds is 5. The Morgan fingerprint density at radius 1 is 1.18 bits per heavy atom. The van der Waals surface area contributed by atoms with Crippen LogP contribution in [0.3, 0.4) is 0 Å². The van der Waals surface area contributed by atoms with Crippen LogP contribution < -0.4 is 10.6 Å². The average molecular weight is 234 g/mol. The summed E-state index contributed by atoms with van der Waals surface area (Å²) in [5, 5.41) is 6.03. The molecule has 1 rings (SSSR count). The van der Waals surface area contributed by atoms with Crippen LogP contribution in [0.1, 0.15) is 37.6 Å². The van der Waals surface area contributed by atoms with Crippen molar-refractivity contribution in [3.63, 3.8) is 0 Å². The topological polar surface area (TPSA) is 41.1 Å². The van der Waals surface area contributed by atoms with E-state index in [9.17, 15) is 4.79 Å². The number of hydrogen-bond donors (Lipinski definition) is 2. The molecule has 0 aliphatic heterocycles. The molecule has 0 heterocycles. The van der Waals surface area contributed by atoms with Crippen LogP contribution in [-0.4, -0.2) is 19.0 Å². The van der Waals surface area contributed by atoms with E-state index in [0.717, 1.165) is 12.1 Å². The number of benzene rings is 1. The van der Waals surface area contributed by atoms with E-state index >= 15 is 0 Å². The minimum absolute atomic E-state index is 0.0493. The molecule has 0 bridgehead atoms. The normalized spacial score (nSPS) is 12.3. The molecule has 1 atom stereocenters. The first-order valence-electron chi connectivity index (χ1n) is 6.11. The lowest BCUT2D eigenvalue weighted by molar-refractivity contribution is 0.0963. The molecule has 3 nitrogen and oxygen atoms in total. The molecule has 0 saturated carbocycles. The van der Waals surface area contributed by atoms with E-state index in [1.165, 1.54) is 0 Å². The molecular formula is C14H22N2O. The molecule has 2 N–H and O–H groups in total. The second-order valence-electron chi connectivity index (χ2n) is 4.83. The predicted molar refractivity (Wildman–Crippen MR) is 72.4 cm³/mol. The molecule has 0 aliphatic carbocycles. The van der Waals surface area contributed by atoms with Crippen molar-refractivity contribution in [2.45, 2.75) is 33.2 Å². The Labute approximate surface area is 104 Å². The Morgan fingerprint density at radius 2 is 1.76 bits per heavy atom. The zero-order valence-corrected chi connectivity index (χ0v) is 11.1. The fraction of sp³-hybridized carbons (Fsp3) is 0.500. The van der Waals surface area contributed by atoms with E-state index < -0.39 is 0 Å². The van der Waals surface area contributed by atoms with Crippen molar-refractivity contribution < 1.29 is 4.79 Å². The number of anilines is 1. The van der Waals surface area contributed by atoms with Gasteiger partial charge < -0.3 is 10.6 Å². The Morgan fingerprint density at radius 3 is 2.24 bits per heavy atom. The summed E-state index contributed by atoms with van der Waals surface area (Å²) >= 11 is 0. The van der Waals surface area contributed by atoms with E-state index in [1.54, 1.807) is 7.05 Å². The minimum atomic E-state index is -0.0493. The van der Waals surface area contributed by atoms with Gasteiger partial charge >= 0.3 is 0 Å². The van der Waals surface area contributed by atoms with Crippen molar-refractivity contribution in [2.75, 3.05) is 12.4 Å². The summed E-state index contributed by atoms with van der Waals surface area (Å²) in [6, 6.07) is 8.01. The summed E-state index contributed by atoms with van der Waals surface area (Å²) < 4.78 is 0. The highest BCUT2D eigenvalue weighted by Gasteiger charge is 2.06. The van der Waals surface area contributed by atoms with Crippen molar-refractivity contribution >= 4 is 11.6 Å². The maximum atomic E-state index is 11.4. The average Bonchev–Trinajstić information content (AvgIpc) is 2.28. The van der Waals surface area contributed by atoms with Crippen LogP contribution in [0, 0.1) is 5.92 Å². The van der Waals surface area contributed by atoms with E-state index in [4.69, 9.17) is 0 Å². The third kappa shape index (κ3) is 4.47. The maximum Gasteiger partial charge on any atom is 0.251 e. The third-order valence-corrected chi connectivity index (χ3v) is 2.61. The Balaban J connectivity index is 2.59. The van der Waals surface area contributed by atoms with Crippen molar-refractivity contribution in [3.8, 4) is 0 Å². The van der Waals surface area contributed by atoms with Gasteiger partial charge in [0, 0.05) is 24.3 Å². The summed E-state index contributed by atoms with van der Waals surface area (Å²) in [4.78, 5) is 11.4. The van der Waals surface area contributed by atoms with Crippen LogP contribution in [0.25, 0.3) is 0 Å². The number of hydrogen-bond acceptors (Lipinski definition) is 2. The van der Waals surface area contributed by atoms with E-state index in [0.29, 0.717) is 17.5 Å². The summed E-state index contributed by atoms with van der Waals surface area (Å²) in [5.74, 6) is 0.634. The van der Waals surface area contributed by atoms with Crippen molar-refractivity contribution in [1.29, 1.82) is 0 Å². The second-order valence-corrected chi connectivity index (χ2v) is 4.83. The minimum Gasteiger partial charge on any atom is -0.383 e. The number of amides is 1. The zero-order chi connectivity index (χ0) is 12.8. The lowest BCUT2D eigenvalue weighted by atomic mass is 10.0. The molecule has 0 aliphatic rings. The molecule has 0 saturated heterocycles. The number of carbonyl (C=O) groups is 1. The summed E-state index contributed by atoms with van der Waals surface area (Å²) in [6.07, 6.45) is 1.14. The van der Waals surface area contributed by atoms with Crippen LogP contribution in [-0.2, 0) is 0 Å². The number of nitrogens with one attached hydrogen (secondary N) is 2. The first-order valence-corrected chi connectivity index (χ1v) is 6.11. The maximum absolute atomic E-state index is 11.4. The summed E-state index contributed by atoms with van der Waals surface area (Å²) in [6.45, 7) is 6.60. The van der Waals surface area contributed by atoms with Gasteiger partial charge in [-0.1, -0.05) is 13.8 Å². The van der Waals surface area contributed by atoms with Crippen molar-refractivity contribution in [3.05, 3.63) is 29.8 Å². The SMILES string of the molecule is CNC(=O)c1ccc(N[C@@H](C)CC(C)C)cc1. The van der Waals surface area contributed by atoms with Gasteiger partial charge in [0.05, 0.1) is 0 Å². The van der Waals surface area contributed by atoms with Gasteiger partial charge in [-0.2, -0.15) is 0 Å². The summed E-state index contributed by atoms with van der Waals surface area (Å²) in [7, 11) is 1.64. The van der Waals surface area contributed by atoms with Crippen LogP contribution in [0.4, 0.5) is 5.69 Å². The standard InChI is InChI=1S/C14H22N2O/c1-10(2)9-11(3)16-13-7-5-12(6-8-13)14(17)15-4/h5-8,10-11,16H,9H2,1-4H3,(H,15,17)/t11-/m0/s1. The second kappa shape index (κ2) is 6.28. The lowest BCUT2D eigenvalue weighted by Crippen LogP contribution is -2.19. The fourth-order valence-electron chi connectivity index (χ4n) is 1.91. The van der Waals surface area contributed by atoms with E-state index in [-0.39, 0.29) is 5.91 Å². The molecule has 94 valence electrons. The van der Waals surface area contributed by atoms with Crippen molar-refractivity contribution in [2.24, 2.45) is 5.92 Å². The molecule has 1 amide bonds. The molecule has 1 aromatic carbocycles. The van der Waals surface area contributed by atoms with Crippen LogP contribution >= 0.6 is 0 Å². The molecule has 1 aromatic rings. The largest absolute Gasteiger partial charge is 0.383 e. The molecular weight excluding hydrogens is 212 g/mol. The smallest absolute Gasteiger partial charge is 0.251 e. The Kier molecular flexibility index (Phi) is 5.01. The monoisotopic (exact) mass is 234 g/mol. The van der Waals surface area contributed by atoms with Gasteiger partial charge in [-0.25, -0.2) is 0 Å². The zero-order valence-electron chi connectivity index (χ0n) is 11.1. The molecule has 17 heavy (non-hydrogen) atoms. The molecule has 0 fully saturated rings. The van der Waals surface area contributed by atoms with Gasteiger partial charge in [-0.15, -0.1) is 0 Å². The Bertz CT molecular complexity index is 357. The fourth-order valence-corrected chi connectivity index (χ4v) is 1.91. The molecule has 0 radical (unpaired) electrons. The quantitative estimate of drug-likeness (QED) is 0.822. The van der Waals surface area contributed by atoms with Gasteiger partial charge in [0.25, 0.3) is 5.91 Å². The van der Waals surface area contributed by atoms with Crippen LogP contribution in [0.2, 0.25) is 0 Å². The first-order chi connectivity index (χ1) is 8.02. The number of carbonyl (C=O) groups excluding carboxylic acids is 1. The molecule has 0 aromatic heterocycles. The molecule has 3 heteroatoms. The van der Waals surface area contributed by atoms with Crippen molar-refractivity contribution in [1.82, 2.24) is 5.32 Å². The van der Waals surface area contributed by atoms with E-state index in [2.05, 4.69) is 31.4 Å². The van der Waals surface area contributed by atoms with Gasteiger partial charge in [-0.3, -0.25) is 4.79 Å². The highest BCUT2D eigenvalue weighted by Crippen LogP contribution is 2.14. The third-order valence-electron chi connectivity index (χ3n) is 2.61. The van der Waals surface area contributed by atoms with Gasteiger partial charge in [0.15, 0.2) is 0 Å². The van der Waals surface area contributed by atoms with E-state index in [1.807, 2.05) is 24.3 Å². The van der Waals surface area contributed by atoms with Gasteiger partial charge in [0.2, 0.25) is 0 Å². The van der Waals surface area contributed by atoms with Crippen LogP contribution in [0.15, 0.2) is 24.3 Å². The van der Waals surface area contributed by atoms with Gasteiger partial charge in [0.1, 0.15) is 0 Å². The van der Waals surface area contributed by atoms with Crippen LogP contribution in [0.5, 0.6) is 0 Å². The first kappa shape index (κ1) is 13.6. The molecule has 0 spiro atoms. The predicted octanol–water partition coefficient (Wildman–Crippen LogP) is 2.89. The van der Waals surface area contributed by atoms with Gasteiger partial charge in [-0.05, 0) is 43.5 Å². The summed E-state index contributed by atoms with van der Waals surface area (Å²) in [5.41, 5.74) is 1.75. The molecule has 0 unspecified atom stereocenters. The Hall–Kier alpha value is -1.51.